The molecule has 0 aliphatic carbocycles. The zero-order valence-corrected chi connectivity index (χ0v) is 12.4. The Morgan fingerprint density at radius 1 is 1.14 bits per heavy atom. The van der Waals surface area contributed by atoms with Crippen LogP contribution in [0, 0.1) is 5.41 Å². The molecule has 0 saturated carbocycles. The second-order valence-electron chi connectivity index (χ2n) is 5.39. The molecular weight excluding hydrogens is 272 g/mol. The number of aliphatic carboxylic acids is 1. The van der Waals surface area contributed by atoms with Crippen molar-refractivity contribution in [2.24, 2.45) is 5.41 Å². The van der Waals surface area contributed by atoms with E-state index in [1.54, 1.807) is 45.0 Å². The number of benzene rings is 1. The number of nitrogens with one attached hydrogen (secondary N) is 2. The molecule has 0 aliphatic rings. The molecule has 0 aliphatic heterocycles. The Morgan fingerprint density at radius 3 is 2.24 bits per heavy atom. The summed E-state index contributed by atoms with van der Waals surface area (Å²) >= 11 is 0. The molecule has 0 fully saturated rings. The van der Waals surface area contributed by atoms with Gasteiger partial charge in [-0.25, -0.2) is 0 Å². The lowest BCUT2D eigenvalue weighted by Crippen LogP contribution is -2.32. The minimum Gasteiger partial charge on any atom is -0.481 e. The topological polar surface area (TPSA) is 95.5 Å². The van der Waals surface area contributed by atoms with Crippen molar-refractivity contribution in [3.05, 3.63) is 24.3 Å². The quantitative estimate of drug-likeness (QED) is 0.750. The predicted molar refractivity (Wildman–Crippen MR) is 80.0 cm³/mol. The van der Waals surface area contributed by atoms with Crippen molar-refractivity contribution in [3.8, 4) is 0 Å². The second-order valence-corrected chi connectivity index (χ2v) is 5.39. The van der Waals surface area contributed by atoms with Crippen LogP contribution in [0.4, 0.5) is 11.4 Å². The summed E-state index contributed by atoms with van der Waals surface area (Å²) < 4.78 is 0. The van der Waals surface area contributed by atoms with Crippen LogP contribution in [0.2, 0.25) is 0 Å². The zero-order chi connectivity index (χ0) is 16.0. The number of hydrogen-bond acceptors (Lipinski definition) is 3. The Balaban J connectivity index is 2.79. The number of rotatable bonds is 6. The summed E-state index contributed by atoms with van der Waals surface area (Å²) in [5.74, 6) is -1.53. The van der Waals surface area contributed by atoms with Gasteiger partial charge in [-0.3, -0.25) is 14.4 Å². The Labute approximate surface area is 123 Å². The van der Waals surface area contributed by atoms with E-state index < -0.39 is 11.4 Å². The summed E-state index contributed by atoms with van der Waals surface area (Å²) in [7, 11) is 0. The van der Waals surface area contributed by atoms with Crippen LogP contribution in [0.25, 0.3) is 0 Å². The Morgan fingerprint density at radius 2 is 1.71 bits per heavy atom. The summed E-state index contributed by atoms with van der Waals surface area (Å²) in [6.07, 6.45) is 0.104. The summed E-state index contributed by atoms with van der Waals surface area (Å²) in [6.45, 7) is 4.88. The molecule has 0 unspecified atom stereocenters. The number of anilines is 2. The third-order valence-corrected chi connectivity index (χ3v) is 2.93. The molecule has 0 atom stereocenters. The van der Waals surface area contributed by atoms with Gasteiger partial charge in [-0.05, 0) is 18.2 Å². The molecule has 0 radical (unpaired) electrons. The van der Waals surface area contributed by atoms with Gasteiger partial charge in [0.2, 0.25) is 11.8 Å². The average Bonchev–Trinajstić information content (AvgIpc) is 2.37. The van der Waals surface area contributed by atoms with Crippen LogP contribution in [0.3, 0.4) is 0 Å². The van der Waals surface area contributed by atoms with E-state index in [9.17, 15) is 14.4 Å². The van der Waals surface area contributed by atoms with Crippen LogP contribution in [-0.4, -0.2) is 22.9 Å². The largest absolute Gasteiger partial charge is 0.481 e. The van der Waals surface area contributed by atoms with Gasteiger partial charge in [0, 0.05) is 17.8 Å². The third kappa shape index (κ3) is 5.25. The van der Waals surface area contributed by atoms with Crippen LogP contribution >= 0.6 is 0 Å². The molecule has 114 valence electrons. The van der Waals surface area contributed by atoms with Crippen molar-refractivity contribution in [1.29, 1.82) is 0 Å². The average molecular weight is 292 g/mol. The van der Waals surface area contributed by atoms with Crippen LogP contribution in [0.1, 0.15) is 33.6 Å². The highest BCUT2D eigenvalue weighted by Gasteiger charge is 2.30. The monoisotopic (exact) mass is 292 g/mol. The Hall–Kier alpha value is -2.37. The SMILES string of the molecule is CCC(=O)Nc1cccc(NC(=O)C(C)(C)CC(=O)O)c1. The van der Waals surface area contributed by atoms with Crippen LogP contribution in [0.5, 0.6) is 0 Å². The molecule has 0 saturated heterocycles. The third-order valence-electron chi connectivity index (χ3n) is 2.93. The van der Waals surface area contributed by atoms with Crippen LogP contribution in [0.15, 0.2) is 24.3 Å². The van der Waals surface area contributed by atoms with Gasteiger partial charge in [-0.1, -0.05) is 26.8 Å². The molecule has 1 aromatic carbocycles. The maximum absolute atomic E-state index is 12.1. The Kier molecular flexibility index (Phi) is 5.46. The molecule has 1 rings (SSSR count). The summed E-state index contributed by atoms with van der Waals surface area (Å²) in [5, 5.41) is 14.2. The fourth-order valence-electron chi connectivity index (χ4n) is 1.68. The molecule has 0 heterocycles. The fourth-order valence-corrected chi connectivity index (χ4v) is 1.68. The molecule has 21 heavy (non-hydrogen) atoms. The van der Waals surface area contributed by atoms with Gasteiger partial charge >= 0.3 is 5.97 Å². The Bertz CT molecular complexity index is 552. The van der Waals surface area contributed by atoms with Crippen molar-refractivity contribution >= 4 is 29.2 Å². The highest BCUT2D eigenvalue weighted by Crippen LogP contribution is 2.24. The lowest BCUT2D eigenvalue weighted by Gasteiger charge is -2.21. The van der Waals surface area contributed by atoms with Crippen molar-refractivity contribution in [1.82, 2.24) is 0 Å². The first-order valence-electron chi connectivity index (χ1n) is 6.68. The van der Waals surface area contributed by atoms with Gasteiger partial charge < -0.3 is 15.7 Å². The molecule has 6 nitrogen and oxygen atoms in total. The van der Waals surface area contributed by atoms with Gasteiger partial charge in [0.15, 0.2) is 0 Å². The number of amides is 2. The number of carboxylic acid groups (broad SMARTS) is 1. The van der Waals surface area contributed by atoms with E-state index in [-0.39, 0.29) is 18.2 Å². The number of carbonyl (C=O) groups is 3. The zero-order valence-electron chi connectivity index (χ0n) is 12.4. The summed E-state index contributed by atoms with van der Waals surface area (Å²) in [5.41, 5.74) is 0.0668. The van der Waals surface area contributed by atoms with Gasteiger partial charge in [0.1, 0.15) is 0 Å². The lowest BCUT2D eigenvalue weighted by atomic mass is 9.88. The van der Waals surface area contributed by atoms with Crippen LogP contribution in [-0.2, 0) is 14.4 Å². The molecule has 3 N–H and O–H groups in total. The van der Waals surface area contributed by atoms with Crippen molar-refractivity contribution < 1.29 is 19.5 Å². The number of hydrogen-bond donors (Lipinski definition) is 3. The fraction of sp³-hybridized carbons (Fsp3) is 0.400. The van der Waals surface area contributed by atoms with E-state index in [0.717, 1.165) is 0 Å². The second kappa shape index (κ2) is 6.88. The van der Waals surface area contributed by atoms with E-state index in [0.29, 0.717) is 17.8 Å². The minimum atomic E-state index is -1.03. The standard InChI is InChI=1S/C15H20N2O4/c1-4-12(18)16-10-6-5-7-11(8-10)17-14(21)15(2,3)9-13(19)20/h5-8H,4,9H2,1-3H3,(H,16,18)(H,17,21)(H,19,20). The normalized spacial score (nSPS) is 10.8. The van der Waals surface area contributed by atoms with Crippen molar-refractivity contribution in [2.75, 3.05) is 10.6 Å². The molecule has 1 aromatic rings. The van der Waals surface area contributed by atoms with E-state index in [1.165, 1.54) is 0 Å². The highest BCUT2D eigenvalue weighted by molar-refractivity contribution is 5.97. The van der Waals surface area contributed by atoms with Gasteiger partial charge in [0.25, 0.3) is 0 Å². The van der Waals surface area contributed by atoms with Crippen molar-refractivity contribution in [3.63, 3.8) is 0 Å². The molecule has 0 spiro atoms. The maximum atomic E-state index is 12.1. The first-order chi connectivity index (χ1) is 9.74. The van der Waals surface area contributed by atoms with E-state index >= 15 is 0 Å². The number of carbonyl (C=O) groups excluding carboxylic acids is 2. The van der Waals surface area contributed by atoms with Gasteiger partial charge in [-0.15, -0.1) is 0 Å². The summed E-state index contributed by atoms with van der Waals surface area (Å²) in [6, 6.07) is 6.72. The van der Waals surface area contributed by atoms with E-state index in [1.807, 2.05) is 0 Å². The molecular formula is C15H20N2O4. The molecule has 0 bridgehead atoms. The molecule has 2 amide bonds. The first kappa shape index (κ1) is 16.7. The number of carboxylic acids is 1. The van der Waals surface area contributed by atoms with Crippen molar-refractivity contribution in [2.45, 2.75) is 33.6 Å². The van der Waals surface area contributed by atoms with Gasteiger partial charge in [-0.2, -0.15) is 0 Å². The van der Waals surface area contributed by atoms with Crippen LogP contribution < -0.4 is 10.6 Å². The first-order valence-corrected chi connectivity index (χ1v) is 6.68. The van der Waals surface area contributed by atoms with E-state index in [2.05, 4.69) is 10.6 Å². The van der Waals surface area contributed by atoms with Gasteiger partial charge in [0.05, 0.1) is 11.8 Å². The van der Waals surface area contributed by atoms with E-state index in [4.69, 9.17) is 5.11 Å². The maximum Gasteiger partial charge on any atom is 0.304 e. The molecule has 6 heteroatoms. The predicted octanol–water partition coefficient (Wildman–Crippen LogP) is 2.47. The molecule has 0 aromatic heterocycles. The smallest absolute Gasteiger partial charge is 0.304 e. The highest BCUT2D eigenvalue weighted by atomic mass is 16.4. The summed E-state index contributed by atoms with van der Waals surface area (Å²) in [4.78, 5) is 34.2. The minimum absolute atomic E-state index is 0.121. The lowest BCUT2D eigenvalue weighted by molar-refractivity contribution is -0.142.